The Morgan fingerprint density at radius 3 is 2.00 bits per heavy atom. The molecule has 0 fully saturated rings. The van der Waals surface area contributed by atoms with E-state index in [9.17, 15) is 0 Å². The predicted molar refractivity (Wildman–Crippen MR) is 85.7 cm³/mol. The zero-order chi connectivity index (χ0) is 15.1. The predicted octanol–water partition coefficient (Wildman–Crippen LogP) is 3.77. The molecule has 0 spiro atoms. The van der Waals surface area contributed by atoms with E-state index in [2.05, 4.69) is 43.4 Å². The quantitative estimate of drug-likeness (QED) is 0.840. The average molecular weight is 285 g/mol. The van der Waals surface area contributed by atoms with Gasteiger partial charge >= 0.3 is 0 Å². The van der Waals surface area contributed by atoms with Crippen LogP contribution < -0.4 is 14.8 Å². The van der Waals surface area contributed by atoms with Crippen molar-refractivity contribution in [2.75, 3.05) is 7.11 Å². The molecule has 3 heteroatoms. The fourth-order valence-corrected chi connectivity index (χ4v) is 1.91. The first kappa shape index (κ1) is 15.4. The van der Waals surface area contributed by atoms with Gasteiger partial charge in [0.15, 0.2) is 0 Å². The number of rotatable bonds is 7. The molecule has 0 aliphatic heterocycles. The number of hydrogen-bond donors (Lipinski definition) is 1. The summed E-state index contributed by atoms with van der Waals surface area (Å²) < 4.78 is 10.9. The van der Waals surface area contributed by atoms with Crippen LogP contribution in [0, 0.1) is 0 Å². The Labute approximate surface area is 126 Å². The first-order chi connectivity index (χ1) is 10.2. The van der Waals surface area contributed by atoms with Crippen molar-refractivity contribution < 1.29 is 9.47 Å². The van der Waals surface area contributed by atoms with E-state index in [1.165, 1.54) is 11.1 Å². The molecule has 0 radical (unpaired) electrons. The number of nitrogens with one attached hydrogen (secondary N) is 1. The van der Waals surface area contributed by atoms with Crippen LogP contribution in [0.25, 0.3) is 0 Å². The third-order valence-electron chi connectivity index (χ3n) is 3.20. The summed E-state index contributed by atoms with van der Waals surface area (Å²) in [6.07, 6.45) is 0. The van der Waals surface area contributed by atoms with Gasteiger partial charge in [-0.3, -0.25) is 0 Å². The van der Waals surface area contributed by atoms with Crippen LogP contribution >= 0.6 is 0 Å². The lowest BCUT2D eigenvalue weighted by Crippen LogP contribution is -2.21. The topological polar surface area (TPSA) is 30.5 Å². The van der Waals surface area contributed by atoms with Crippen molar-refractivity contribution in [3.63, 3.8) is 0 Å². The standard InChI is InChI=1S/C18H23NO2/c1-14(2)19-12-15-4-6-16(7-5-15)13-21-18-10-8-17(20-3)9-11-18/h4-11,14,19H,12-13H2,1-3H3. The first-order valence-corrected chi connectivity index (χ1v) is 7.25. The van der Waals surface area contributed by atoms with E-state index in [1.807, 2.05) is 24.3 Å². The molecule has 0 aromatic heterocycles. The Balaban J connectivity index is 1.85. The minimum Gasteiger partial charge on any atom is -0.497 e. The van der Waals surface area contributed by atoms with Crippen molar-refractivity contribution in [1.29, 1.82) is 0 Å². The Bertz CT molecular complexity index is 532. The molecule has 0 saturated carbocycles. The van der Waals surface area contributed by atoms with E-state index in [0.29, 0.717) is 12.6 Å². The van der Waals surface area contributed by atoms with Gasteiger partial charge in [-0.15, -0.1) is 0 Å². The van der Waals surface area contributed by atoms with Gasteiger partial charge in [0.25, 0.3) is 0 Å². The summed E-state index contributed by atoms with van der Waals surface area (Å²) in [5.41, 5.74) is 2.45. The smallest absolute Gasteiger partial charge is 0.120 e. The van der Waals surface area contributed by atoms with Gasteiger partial charge in [0.1, 0.15) is 18.1 Å². The highest BCUT2D eigenvalue weighted by atomic mass is 16.5. The molecule has 1 N–H and O–H groups in total. The van der Waals surface area contributed by atoms with Crippen molar-refractivity contribution in [2.45, 2.75) is 33.0 Å². The Morgan fingerprint density at radius 2 is 1.43 bits per heavy atom. The monoisotopic (exact) mass is 285 g/mol. The lowest BCUT2D eigenvalue weighted by Gasteiger charge is -2.10. The molecule has 0 saturated heterocycles. The maximum Gasteiger partial charge on any atom is 0.120 e. The lowest BCUT2D eigenvalue weighted by molar-refractivity contribution is 0.305. The van der Waals surface area contributed by atoms with E-state index in [4.69, 9.17) is 9.47 Å². The molecule has 0 unspecified atom stereocenters. The molecular weight excluding hydrogens is 262 g/mol. The Morgan fingerprint density at radius 1 is 0.857 bits per heavy atom. The van der Waals surface area contributed by atoms with Crippen LogP contribution in [0.1, 0.15) is 25.0 Å². The summed E-state index contributed by atoms with van der Waals surface area (Å²) in [5.74, 6) is 1.69. The minimum absolute atomic E-state index is 0.503. The van der Waals surface area contributed by atoms with Crippen LogP contribution in [0.2, 0.25) is 0 Å². The van der Waals surface area contributed by atoms with Crippen molar-refractivity contribution in [2.24, 2.45) is 0 Å². The third-order valence-corrected chi connectivity index (χ3v) is 3.20. The number of hydrogen-bond acceptors (Lipinski definition) is 3. The normalized spacial score (nSPS) is 10.7. The van der Waals surface area contributed by atoms with Crippen molar-refractivity contribution in [3.05, 3.63) is 59.7 Å². The number of ether oxygens (including phenoxy) is 2. The van der Waals surface area contributed by atoms with Crippen LogP contribution in [0.4, 0.5) is 0 Å². The van der Waals surface area contributed by atoms with E-state index in [1.54, 1.807) is 7.11 Å². The first-order valence-electron chi connectivity index (χ1n) is 7.25. The molecule has 0 atom stereocenters. The zero-order valence-corrected chi connectivity index (χ0v) is 12.9. The maximum absolute atomic E-state index is 5.76. The average Bonchev–Trinajstić information content (AvgIpc) is 2.52. The van der Waals surface area contributed by atoms with Crippen LogP contribution in [0.15, 0.2) is 48.5 Å². The van der Waals surface area contributed by atoms with Gasteiger partial charge in [-0.25, -0.2) is 0 Å². The van der Waals surface area contributed by atoms with E-state index >= 15 is 0 Å². The molecule has 112 valence electrons. The summed E-state index contributed by atoms with van der Waals surface area (Å²) in [5, 5.41) is 3.41. The molecule has 21 heavy (non-hydrogen) atoms. The summed E-state index contributed by atoms with van der Waals surface area (Å²) in [7, 11) is 1.66. The van der Waals surface area contributed by atoms with Crippen LogP contribution in [-0.4, -0.2) is 13.2 Å². The molecule has 0 aliphatic carbocycles. The minimum atomic E-state index is 0.503. The van der Waals surface area contributed by atoms with Crippen molar-refractivity contribution in [1.82, 2.24) is 5.32 Å². The molecule has 2 aromatic carbocycles. The van der Waals surface area contributed by atoms with Gasteiger partial charge in [-0.05, 0) is 35.4 Å². The van der Waals surface area contributed by atoms with E-state index in [0.717, 1.165) is 18.0 Å². The fourth-order valence-electron chi connectivity index (χ4n) is 1.91. The number of methoxy groups -OCH3 is 1. The highest BCUT2D eigenvalue weighted by Crippen LogP contribution is 2.18. The second kappa shape index (κ2) is 7.70. The van der Waals surface area contributed by atoms with Crippen molar-refractivity contribution in [3.8, 4) is 11.5 Å². The van der Waals surface area contributed by atoms with Gasteiger partial charge < -0.3 is 14.8 Å². The summed E-state index contributed by atoms with van der Waals surface area (Å²) in [4.78, 5) is 0. The van der Waals surface area contributed by atoms with Crippen LogP contribution in [0.3, 0.4) is 0 Å². The van der Waals surface area contributed by atoms with Gasteiger partial charge in [0.05, 0.1) is 7.11 Å². The Kier molecular flexibility index (Phi) is 5.64. The third kappa shape index (κ3) is 5.12. The van der Waals surface area contributed by atoms with Crippen LogP contribution in [0.5, 0.6) is 11.5 Å². The van der Waals surface area contributed by atoms with Gasteiger partial charge in [0, 0.05) is 12.6 Å². The SMILES string of the molecule is COc1ccc(OCc2ccc(CNC(C)C)cc2)cc1. The molecule has 3 nitrogen and oxygen atoms in total. The van der Waals surface area contributed by atoms with Gasteiger partial charge in [-0.2, -0.15) is 0 Å². The van der Waals surface area contributed by atoms with E-state index in [-0.39, 0.29) is 0 Å². The van der Waals surface area contributed by atoms with Gasteiger partial charge in [0.2, 0.25) is 0 Å². The lowest BCUT2D eigenvalue weighted by atomic mass is 10.1. The van der Waals surface area contributed by atoms with E-state index < -0.39 is 0 Å². The molecule has 2 aromatic rings. The molecule has 2 rings (SSSR count). The second-order valence-corrected chi connectivity index (χ2v) is 5.32. The largest absolute Gasteiger partial charge is 0.497 e. The molecule has 0 amide bonds. The molecule has 0 heterocycles. The zero-order valence-electron chi connectivity index (χ0n) is 12.9. The summed E-state index contributed by atoms with van der Waals surface area (Å²) >= 11 is 0. The van der Waals surface area contributed by atoms with Crippen LogP contribution in [-0.2, 0) is 13.2 Å². The second-order valence-electron chi connectivity index (χ2n) is 5.32. The Hall–Kier alpha value is -2.00. The summed E-state index contributed by atoms with van der Waals surface area (Å²) in [6.45, 7) is 5.77. The molecular formula is C18H23NO2. The van der Waals surface area contributed by atoms with Gasteiger partial charge in [-0.1, -0.05) is 38.1 Å². The molecule has 0 aliphatic rings. The molecule has 0 bridgehead atoms. The number of benzene rings is 2. The maximum atomic E-state index is 5.76. The van der Waals surface area contributed by atoms with Crippen molar-refractivity contribution >= 4 is 0 Å². The highest BCUT2D eigenvalue weighted by Gasteiger charge is 1.99. The fraction of sp³-hybridized carbons (Fsp3) is 0.333. The highest BCUT2D eigenvalue weighted by molar-refractivity contribution is 5.31. The summed E-state index contributed by atoms with van der Waals surface area (Å²) in [6, 6.07) is 16.6.